The molecule has 3 aromatic rings. The van der Waals surface area contributed by atoms with Gasteiger partial charge in [0.05, 0.1) is 6.10 Å². The van der Waals surface area contributed by atoms with Gasteiger partial charge in [0.15, 0.2) is 0 Å². The Kier molecular flexibility index (Phi) is 6.24. The number of anilines is 2. The Hall–Kier alpha value is -3.67. The van der Waals surface area contributed by atoms with Gasteiger partial charge in [-0.3, -0.25) is 14.6 Å². The summed E-state index contributed by atoms with van der Waals surface area (Å²) in [5.41, 5.74) is 2.86. The van der Waals surface area contributed by atoms with Gasteiger partial charge in [-0.05, 0) is 74.9 Å². The number of amides is 2. The maximum absolute atomic E-state index is 12.6. The standard InChI is InChI=1S/C23H23N3O3/c1-15(2)29-20-9-7-18(8-10-20)25-22(27)17-11-12-24-21(14-17)23(28)26-19-6-4-5-16(3)13-19/h4-15H,1-3H3,(H,25,27)(H,26,28). The molecule has 2 aromatic carbocycles. The fourth-order valence-electron chi connectivity index (χ4n) is 2.71. The Morgan fingerprint density at radius 1 is 0.897 bits per heavy atom. The molecule has 0 aliphatic carbocycles. The number of carbonyl (C=O) groups excluding carboxylic acids is 2. The minimum atomic E-state index is -0.375. The van der Waals surface area contributed by atoms with E-state index in [9.17, 15) is 9.59 Å². The largest absolute Gasteiger partial charge is 0.491 e. The molecule has 0 atom stereocenters. The smallest absolute Gasteiger partial charge is 0.274 e. The Labute approximate surface area is 169 Å². The van der Waals surface area contributed by atoms with Gasteiger partial charge in [0, 0.05) is 23.1 Å². The predicted molar refractivity (Wildman–Crippen MR) is 114 cm³/mol. The number of hydrogen-bond donors (Lipinski definition) is 2. The van der Waals surface area contributed by atoms with Gasteiger partial charge in [-0.1, -0.05) is 12.1 Å². The molecule has 148 valence electrons. The summed E-state index contributed by atoms with van der Waals surface area (Å²) in [6.07, 6.45) is 1.52. The molecule has 0 saturated heterocycles. The second kappa shape index (κ2) is 9.01. The van der Waals surface area contributed by atoms with Crippen LogP contribution in [0, 0.1) is 6.92 Å². The van der Waals surface area contributed by atoms with Crippen molar-refractivity contribution in [2.24, 2.45) is 0 Å². The SMILES string of the molecule is Cc1cccc(NC(=O)c2cc(C(=O)Nc3ccc(OC(C)C)cc3)ccn2)c1. The molecule has 0 saturated carbocycles. The van der Waals surface area contributed by atoms with Crippen LogP contribution in [0.3, 0.4) is 0 Å². The van der Waals surface area contributed by atoms with Crippen LogP contribution in [0.5, 0.6) is 5.75 Å². The Balaban J connectivity index is 1.68. The van der Waals surface area contributed by atoms with Gasteiger partial charge in [-0.15, -0.1) is 0 Å². The molecule has 29 heavy (non-hydrogen) atoms. The van der Waals surface area contributed by atoms with Crippen LogP contribution in [0.15, 0.2) is 66.9 Å². The molecule has 0 bridgehead atoms. The molecule has 1 aromatic heterocycles. The van der Waals surface area contributed by atoms with Crippen LogP contribution >= 0.6 is 0 Å². The molecular formula is C23H23N3O3. The summed E-state index contributed by atoms with van der Waals surface area (Å²) < 4.78 is 5.59. The van der Waals surface area contributed by atoms with E-state index >= 15 is 0 Å². The van der Waals surface area contributed by atoms with Crippen molar-refractivity contribution in [3.8, 4) is 5.75 Å². The van der Waals surface area contributed by atoms with E-state index in [4.69, 9.17) is 4.74 Å². The average Bonchev–Trinajstić information content (AvgIpc) is 2.69. The van der Waals surface area contributed by atoms with Gasteiger partial charge in [-0.25, -0.2) is 0 Å². The highest BCUT2D eigenvalue weighted by molar-refractivity contribution is 6.07. The average molecular weight is 389 g/mol. The first-order valence-electron chi connectivity index (χ1n) is 9.33. The predicted octanol–water partition coefficient (Wildman–Crippen LogP) is 4.68. The number of carbonyl (C=O) groups is 2. The van der Waals surface area contributed by atoms with Gasteiger partial charge >= 0.3 is 0 Å². The molecule has 0 aliphatic rings. The highest BCUT2D eigenvalue weighted by Crippen LogP contribution is 2.18. The second-order valence-electron chi connectivity index (χ2n) is 6.90. The highest BCUT2D eigenvalue weighted by atomic mass is 16.5. The van der Waals surface area contributed by atoms with Gasteiger partial charge in [0.2, 0.25) is 0 Å². The van der Waals surface area contributed by atoms with Crippen LogP contribution in [0.25, 0.3) is 0 Å². The lowest BCUT2D eigenvalue weighted by molar-refractivity contribution is 0.102. The molecular weight excluding hydrogens is 366 g/mol. The van der Waals surface area contributed by atoms with Gasteiger partial charge in [0.1, 0.15) is 11.4 Å². The lowest BCUT2D eigenvalue weighted by atomic mass is 10.2. The fraction of sp³-hybridized carbons (Fsp3) is 0.174. The minimum Gasteiger partial charge on any atom is -0.491 e. The number of pyridine rings is 1. The molecule has 3 rings (SSSR count). The fourth-order valence-corrected chi connectivity index (χ4v) is 2.71. The van der Waals surface area contributed by atoms with E-state index in [1.54, 1.807) is 36.4 Å². The third-order valence-corrected chi connectivity index (χ3v) is 4.01. The van der Waals surface area contributed by atoms with Crippen LogP contribution in [0.2, 0.25) is 0 Å². The number of nitrogens with zero attached hydrogens (tertiary/aromatic N) is 1. The number of aryl methyl sites for hydroxylation is 1. The van der Waals surface area contributed by atoms with Crippen LogP contribution < -0.4 is 15.4 Å². The van der Waals surface area contributed by atoms with E-state index in [0.717, 1.165) is 11.3 Å². The lowest BCUT2D eigenvalue weighted by Crippen LogP contribution is -2.17. The van der Waals surface area contributed by atoms with Gasteiger partial charge < -0.3 is 15.4 Å². The first-order valence-corrected chi connectivity index (χ1v) is 9.33. The second-order valence-corrected chi connectivity index (χ2v) is 6.90. The van der Waals surface area contributed by atoms with Crippen LogP contribution in [0.4, 0.5) is 11.4 Å². The van der Waals surface area contributed by atoms with Crippen molar-refractivity contribution in [3.63, 3.8) is 0 Å². The topological polar surface area (TPSA) is 80.3 Å². The molecule has 6 nitrogen and oxygen atoms in total. The van der Waals surface area contributed by atoms with Crippen molar-refractivity contribution in [3.05, 3.63) is 83.7 Å². The number of benzene rings is 2. The highest BCUT2D eigenvalue weighted by Gasteiger charge is 2.13. The van der Waals surface area contributed by atoms with Crippen LogP contribution in [0.1, 0.15) is 40.3 Å². The minimum absolute atomic E-state index is 0.0802. The summed E-state index contributed by atoms with van der Waals surface area (Å²) in [5.74, 6) is 0.0342. The quantitative estimate of drug-likeness (QED) is 0.641. The van der Waals surface area contributed by atoms with Crippen LogP contribution in [-0.4, -0.2) is 22.9 Å². The molecule has 0 aliphatic heterocycles. The number of ether oxygens (including phenoxy) is 1. The van der Waals surface area contributed by atoms with Crippen molar-refractivity contribution in [1.29, 1.82) is 0 Å². The summed E-state index contributed by atoms with van der Waals surface area (Å²) in [6.45, 7) is 5.85. The maximum atomic E-state index is 12.6. The van der Waals surface area contributed by atoms with Gasteiger partial charge in [-0.2, -0.15) is 0 Å². The van der Waals surface area contributed by atoms with E-state index < -0.39 is 0 Å². The van der Waals surface area contributed by atoms with Gasteiger partial charge in [0.25, 0.3) is 11.8 Å². The normalized spacial score (nSPS) is 10.5. The third-order valence-electron chi connectivity index (χ3n) is 4.01. The van der Waals surface area contributed by atoms with Crippen molar-refractivity contribution in [2.45, 2.75) is 26.9 Å². The molecule has 0 fully saturated rings. The van der Waals surface area contributed by atoms with E-state index in [-0.39, 0.29) is 23.6 Å². The summed E-state index contributed by atoms with van der Waals surface area (Å²) in [4.78, 5) is 29.1. The first-order chi connectivity index (χ1) is 13.9. The first kappa shape index (κ1) is 20.1. The lowest BCUT2D eigenvalue weighted by Gasteiger charge is -2.11. The Morgan fingerprint density at radius 3 is 2.31 bits per heavy atom. The number of aromatic nitrogens is 1. The van der Waals surface area contributed by atoms with Crippen molar-refractivity contribution < 1.29 is 14.3 Å². The van der Waals surface area contributed by atoms with Crippen LogP contribution in [-0.2, 0) is 0 Å². The molecule has 6 heteroatoms. The molecule has 2 amide bonds. The molecule has 1 heterocycles. The zero-order chi connectivity index (χ0) is 20.8. The Morgan fingerprint density at radius 2 is 1.62 bits per heavy atom. The monoisotopic (exact) mass is 389 g/mol. The number of nitrogens with one attached hydrogen (secondary N) is 2. The van der Waals surface area contributed by atoms with E-state index in [1.165, 1.54) is 12.3 Å². The van der Waals surface area contributed by atoms with Crippen molar-refractivity contribution in [2.75, 3.05) is 10.6 Å². The molecule has 0 unspecified atom stereocenters. The molecule has 2 N–H and O–H groups in total. The van der Waals surface area contributed by atoms with E-state index in [1.807, 2.05) is 39.0 Å². The summed E-state index contributed by atoms with van der Waals surface area (Å²) >= 11 is 0. The summed E-state index contributed by atoms with van der Waals surface area (Å²) in [7, 11) is 0. The molecule has 0 radical (unpaired) electrons. The maximum Gasteiger partial charge on any atom is 0.274 e. The van der Waals surface area contributed by atoms with Crippen molar-refractivity contribution >= 4 is 23.2 Å². The van der Waals surface area contributed by atoms with E-state index in [0.29, 0.717) is 16.9 Å². The Bertz CT molecular complexity index is 1010. The summed E-state index contributed by atoms with van der Waals surface area (Å²) in [6, 6.07) is 17.6. The number of hydrogen-bond acceptors (Lipinski definition) is 4. The summed E-state index contributed by atoms with van der Waals surface area (Å²) in [5, 5.41) is 5.60. The molecule has 0 spiro atoms. The zero-order valence-corrected chi connectivity index (χ0v) is 16.6. The number of rotatable bonds is 6. The third kappa shape index (κ3) is 5.65. The van der Waals surface area contributed by atoms with E-state index in [2.05, 4.69) is 15.6 Å². The zero-order valence-electron chi connectivity index (χ0n) is 16.6. The van der Waals surface area contributed by atoms with Crippen molar-refractivity contribution in [1.82, 2.24) is 4.98 Å².